The van der Waals surface area contributed by atoms with Gasteiger partial charge in [-0.3, -0.25) is 0 Å². The molecule has 0 bridgehead atoms. The Morgan fingerprint density at radius 1 is 1.35 bits per heavy atom. The summed E-state index contributed by atoms with van der Waals surface area (Å²) >= 11 is 0. The lowest BCUT2D eigenvalue weighted by molar-refractivity contribution is 0.357. The normalized spacial score (nSPS) is 14.7. The maximum Gasteiger partial charge on any atom is 0.122 e. The van der Waals surface area contributed by atoms with Crippen LogP contribution in [-0.4, -0.2) is 6.61 Å². The summed E-state index contributed by atoms with van der Waals surface area (Å²) in [6.07, 6.45) is 5.89. The highest BCUT2D eigenvalue weighted by molar-refractivity contribution is 5.85. The van der Waals surface area contributed by atoms with Crippen LogP contribution in [-0.2, 0) is 6.42 Å². The van der Waals surface area contributed by atoms with Crippen LogP contribution in [0.4, 0.5) is 0 Å². The average Bonchev–Trinajstić information content (AvgIpc) is 2.76. The zero-order chi connectivity index (χ0) is 11.4. The Kier molecular flexibility index (Phi) is 5.79. The summed E-state index contributed by atoms with van der Waals surface area (Å²) in [5, 5.41) is 0. The van der Waals surface area contributed by atoms with E-state index in [9.17, 15) is 0 Å². The third kappa shape index (κ3) is 3.62. The van der Waals surface area contributed by atoms with Crippen LogP contribution in [0, 0.1) is 0 Å². The number of halogens is 1. The Morgan fingerprint density at radius 2 is 2.18 bits per heavy atom. The van der Waals surface area contributed by atoms with Gasteiger partial charge in [0.2, 0.25) is 0 Å². The van der Waals surface area contributed by atoms with E-state index in [0.29, 0.717) is 0 Å². The largest absolute Gasteiger partial charge is 0.493 e. The molecule has 96 valence electrons. The lowest BCUT2D eigenvalue weighted by atomic mass is 9.99. The van der Waals surface area contributed by atoms with Gasteiger partial charge in [0, 0.05) is 12.5 Å². The molecule has 17 heavy (non-hydrogen) atoms. The van der Waals surface area contributed by atoms with E-state index >= 15 is 0 Å². The van der Waals surface area contributed by atoms with Gasteiger partial charge in [-0.25, -0.2) is 0 Å². The molecule has 1 aromatic carbocycles. The molecule has 1 heterocycles. The summed E-state index contributed by atoms with van der Waals surface area (Å²) in [7, 11) is 0. The second-order valence-corrected chi connectivity index (χ2v) is 4.57. The first-order valence-corrected chi connectivity index (χ1v) is 6.32. The first-order chi connectivity index (χ1) is 7.81. The summed E-state index contributed by atoms with van der Waals surface area (Å²) in [6, 6.07) is 6.59. The molecule has 1 aliphatic heterocycles. The van der Waals surface area contributed by atoms with Crippen LogP contribution in [0.25, 0.3) is 0 Å². The smallest absolute Gasteiger partial charge is 0.122 e. The van der Waals surface area contributed by atoms with Crippen LogP contribution in [0.1, 0.15) is 49.8 Å². The molecule has 3 heteroatoms. The molecule has 0 aliphatic carbocycles. The van der Waals surface area contributed by atoms with Crippen molar-refractivity contribution in [3.8, 4) is 5.75 Å². The highest BCUT2D eigenvalue weighted by Crippen LogP contribution is 2.28. The van der Waals surface area contributed by atoms with Gasteiger partial charge in [-0.05, 0) is 23.6 Å². The van der Waals surface area contributed by atoms with Crippen LogP contribution < -0.4 is 10.5 Å². The van der Waals surface area contributed by atoms with Gasteiger partial charge in [-0.15, -0.1) is 12.4 Å². The lowest BCUT2D eigenvalue weighted by Gasteiger charge is -2.12. The van der Waals surface area contributed by atoms with Gasteiger partial charge in [0.1, 0.15) is 5.75 Å². The van der Waals surface area contributed by atoms with Gasteiger partial charge in [-0.2, -0.15) is 0 Å². The quantitative estimate of drug-likeness (QED) is 0.816. The third-order valence-corrected chi connectivity index (χ3v) is 3.26. The highest BCUT2D eigenvalue weighted by Gasteiger charge is 2.14. The van der Waals surface area contributed by atoms with E-state index < -0.39 is 0 Å². The van der Waals surface area contributed by atoms with Crippen molar-refractivity contribution < 1.29 is 4.74 Å². The van der Waals surface area contributed by atoms with E-state index in [1.54, 1.807) is 0 Å². The molecule has 0 saturated heterocycles. The molecule has 1 aromatic rings. The van der Waals surface area contributed by atoms with Gasteiger partial charge in [0.05, 0.1) is 6.61 Å². The lowest BCUT2D eigenvalue weighted by Crippen LogP contribution is -2.10. The Bertz CT molecular complexity index is 354. The molecule has 2 N–H and O–H groups in total. The summed E-state index contributed by atoms with van der Waals surface area (Å²) in [5.41, 5.74) is 8.78. The van der Waals surface area contributed by atoms with E-state index in [0.717, 1.165) is 25.2 Å². The van der Waals surface area contributed by atoms with Crippen LogP contribution >= 0.6 is 12.4 Å². The molecular formula is C14H22ClNO. The fraction of sp³-hybridized carbons (Fsp3) is 0.571. The van der Waals surface area contributed by atoms with Gasteiger partial charge in [0.15, 0.2) is 0 Å². The van der Waals surface area contributed by atoms with Gasteiger partial charge < -0.3 is 10.5 Å². The minimum Gasteiger partial charge on any atom is -0.493 e. The van der Waals surface area contributed by atoms with Crippen LogP contribution in [0.2, 0.25) is 0 Å². The number of fused-ring (bicyclic) bond motifs is 1. The van der Waals surface area contributed by atoms with Gasteiger partial charge >= 0.3 is 0 Å². The fourth-order valence-corrected chi connectivity index (χ4v) is 2.22. The first kappa shape index (κ1) is 14.3. The van der Waals surface area contributed by atoms with Crippen molar-refractivity contribution in [2.45, 2.75) is 45.1 Å². The third-order valence-electron chi connectivity index (χ3n) is 3.26. The monoisotopic (exact) mass is 255 g/mol. The maximum absolute atomic E-state index is 6.19. The van der Waals surface area contributed by atoms with Crippen molar-refractivity contribution in [1.82, 2.24) is 0 Å². The topological polar surface area (TPSA) is 35.2 Å². The molecule has 0 radical (unpaired) electrons. The molecule has 2 nitrogen and oxygen atoms in total. The van der Waals surface area contributed by atoms with Crippen molar-refractivity contribution in [2.24, 2.45) is 5.73 Å². The van der Waals surface area contributed by atoms with Crippen LogP contribution in [0.3, 0.4) is 0 Å². The molecule has 0 fully saturated rings. The molecule has 0 spiro atoms. The van der Waals surface area contributed by atoms with E-state index in [4.69, 9.17) is 10.5 Å². The highest BCUT2D eigenvalue weighted by atomic mass is 35.5. The molecule has 0 saturated carbocycles. The van der Waals surface area contributed by atoms with Crippen molar-refractivity contribution >= 4 is 12.4 Å². The van der Waals surface area contributed by atoms with Crippen molar-refractivity contribution in [1.29, 1.82) is 0 Å². The zero-order valence-electron chi connectivity index (χ0n) is 10.4. The standard InChI is InChI=1S/C14H21NO.ClH/c1-2-3-4-5-13(15)11-6-7-14-12(10-11)8-9-16-14;/h6-7,10,13H,2-5,8-9,15H2,1H3;1H/t13-;/m1./s1. The molecule has 2 rings (SSSR count). The Balaban J connectivity index is 0.00000144. The van der Waals surface area contributed by atoms with Crippen LogP contribution in [0.15, 0.2) is 18.2 Å². The molecule has 0 aromatic heterocycles. The van der Waals surface area contributed by atoms with Crippen molar-refractivity contribution in [3.63, 3.8) is 0 Å². The van der Waals surface area contributed by atoms with Crippen molar-refractivity contribution in [2.75, 3.05) is 6.61 Å². The maximum atomic E-state index is 6.19. The number of hydrogen-bond donors (Lipinski definition) is 1. The number of benzene rings is 1. The Hall–Kier alpha value is -0.730. The zero-order valence-corrected chi connectivity index (χ0v) is 11.3. The molecular weight excluding hydrogens is 234 g/mol. The molecule has 1 atom stereocenters. The predicted octanol–water partition coefficient (Wildman–Crippen LogP) is 3.62. The number of nitrogens with two attached hydrogens (primary N) is 1. The minimum atomic E-state index is 0. The summed E-state index contributed by atoms with van der Waals surface area (Å²) in [4.78, 5) is 0. The number of unbranched alkanes of at least 4 members (excludes halogenated alkanes) is 2. The summed E-state index contributed by atoms with van der Waals surface area (Å²) in [6.45, 7) is 3.04. The fourth-order valence-electron chi connectivity index (χ4n) is 2.22. The number of hydrogen-bond acceptors (Lipinski definition) is 2. The second-order valence-electron chi connectivity index (χ2n) is 4.57. The molecule has 0 amide bonds. The average molecular weight is 256 g/mol. The van der Waals surface area contributed by atoms with E-state index in [-0.39, 0.29) is 18.4 Å². The van der Waals surface area contributed by atoms with E-state index in [1.165, 1.54) is 30.4 Å². The van der Waals surface area contributed by atoms with E-state index in [2.05, 4.69) is 25.1 Å². The number of ether oxygens (including phenoxy) is 1. The van der Waals surface area contributed by atoms with Gasteiger partial charge in [-0.1, -0.05) is 38.3 Å². The SMILES string of the molecule is CCCCC[C@@H](N)c1ccc2c(c1)CCO2.Cl. The summed E-state index contributed by atoms with van der Waals surface area (Å²) in [5.74, 6) is 1.05. The molecule has 1 aliphatic rings. The minimum absolute atomic E-state index is 0. The predicted molar refractivity (Wildman–Crippen MR) is 74.0 cm³/mol. The van der Waals surface area contributed by atoms with Crippen LogP contribution in [0.5, 0.6) is 5.75 Å². The summed E-state index contributed by atoms with van der Waals surface area (Å²) < 4.78 is 5.49. The first-order valence-electron chi connectivity index (χ1n) is 6.32. The number of rotatable bonds is 5. The van der Waals surface area contributed by atoms with Gasteiger partial charge in [0.25, 0.3) is 0 Å². The Morgan fingerprint density at radius 3 is 2.94 bits per heavy atom. The Labute approximate surface area is 110 Å². The molecule has 0 unspecified atom stereocenters. The van der Waals surface area contributed by atoms with Crippen molar-refractivity contribution in [3.05, 3.63) is 29.3 Å². The second kappa shape index (κ2) is 6.87. The van der Waals surface area contributed by atoms with E-state index in [1.807, 2.05) is 0 Å².